The molecule has 3 unspecified atom stereocenters. The van der Waals surface area contributed by atoms with Crippen LogP contribution >= 0.6 is 0 Å². The molecule has 0 aromatic carbocycles. The molecule has 1 amide bonds. The summed E-state index contributed by atoms with van der Waals surface area (Å²) >= 11 is 0. The molecule has 0 bridgehead atoms. The van der Waals surface area contributed by atoms with Crippen molar-refractivity contribution < 1.29 is 4.79 Å². The third-order valence-corrected chi connectivity index (χ3v) is 4.87. The quantitative estimate of drug-likeness (QED) is 0.784. The minimum absolute atomic E-state index is 0.0513. The summed E-state index contributed by atoms with van der Waals surface area (Å²) in [5.74, 6) is 0.333. The molecule has 4 nitrogen and oxygen atoms in total. The lowest BCUT2D eigenvalue weighted by Crippen LogP contribution is -2.49. The van der Waals surface area contributed by atoms with Gasteiger partial charge in [0.15, 0.2) is 0 Å². The van der Waals surface area contributed by atoms with Gasteiger partial charge in [0.1, 0.15) is 0 Å². The van der Waals surface area contributed by atoms with E-state index < -0.39 is 0 Å². The van der Waals surface area contributed by atoms with Crippen molar-refractivity contribution in [3.05, 3.63) is 0 Å². The van der Waals surface area contributed by atoms with Gasteiger partial charge in [0.2, 0.25) is 5.91 Å². The second-order valence-electron chi connectivity index (χ2n) is 6.77. The van der Waals surface area contributed by atoms with Crippen molar-refractivity contribution in [3.8, 4) is 0 Å². The summed E-state index contributed by atoms with van der Waals surface area (Å²) in [4.78, 5) is 17.4. The molecule has 0 radical (unpaired) electrons. The van der Waals surface area contributed by atoms with Crippen LogP contribution in [0.1, 0.15) is 65.7 Å². The highest BCUT2D eigenvalue weighted by molar-refractivity contribution is 5.84. The Hall–Kier alpha value is -0.610. The van der Waals surface area contributed by atoms with Gasteiger partial charge in [0, 0.05) is 12.6 Å². The minimum atomic E-state index is 0.0513. The number of carbonyl (C=O) groups is 1. The number of likely N-dealkylation sites (tertiary alicyclic amines) is 1. The van der Waals surface area contributed by atoms with Crippen molar-refractivity contribution in [2.24, 2.45) is 0 Å². The number of hydrogen-bond donors (Lipinski definition) is 1. The van der Waals surface area contributed by atoms with Crippen molar-refractivity contribution in [1.82, 2.24) is 15.1 Å². The topological polar surface area (TPSA) is 35.6 Å². The molecule has 2 aliphatic heterocycles. The largest absolute Gasteiger partial charge is 0.322 e. The van der Waals surface area contributed by atoms with Gasteiger partial charge in [-0.1, -0.05) is 33.1 Å². The molecule has 2 heterocycles. The smallest absolute Gasteiger partial charge is 0.241 e. The standard InChI is InChI=1S/C17H33N3O/c1-4-9-15-17(21)20(16(18-15)10-5-2)14(3)13-19-11-7-6-8-12-19/h14-16,18H,4-13H2,1-3H3. The van der Waals surface area contributed by atoms with Crippen LogP contribution in [0.3, 0.4) is 0 Å². The predicted molar refractivity (Wildman–Crippen MR) is 87.1 cm³/mol. The molecule has 122 valence electrons. The normalized spacial score (nSPS) is 29.1. The van der Waals surface area contributed by atoms with Gasteiger partial charge in [-0.3, -0.25) is 10.1 Å². The van der Waals surface area contributed by atoms with Crippen LogP contribution < -0.4 is 5.32 Å². The fourth-order valence-corrected chi connectivity index (χ4v) is 3.84. The maximum Gasteiger partial charge on any atom is 0.241 e. The van der Waals surface area contributed by atoms with E-state index in [4.69, 9.17) is 0 Å². The summed E-state index contributed by atoms with van der Waals surface area (Å²) in [6, 6.07) is 0.372. The van der Waals surface area contributed by atoms with Gasteiger partial charge in [-0.15, -0.1) is 0 Å². The Morgan fingerprint density at radius 3 is 2.43 bits per heavy atom. The van der Waals surface area contributed by atoms with Crippen molar-refractivity contribution in [2.75, 3.05) is 19.6 Å². The summed E-state index contributed by atoms with van der Waals surface area (Å²) in [5, 5.41) is 3.57. The predicted octanol–water partition coefficient (Wildman–Crippen LogP) is 2.59. The van der Waals surface area contributed by atoms with E-state index in [1.807, 2.05) is 0 Å². The Labute approximate surface area is 130 Å². The highest BCUT2D eigenvalue weighted by Gasteiger charge is 2.40. The highest BCUT2D eigenvalue weighted by atomic mass is 16.2. The maximum absolute atomic E-state index is 12.7. The number of carbonyl (C=O) groups excluding carboxylic acids is 1. The van der Waals surface area contributed by atoms with Crippen LogP contribution in [-0.4, -0.2) is 53.6 Å². The van der Waals surface area contributed by atoms with Crippen molar-refractivity contribution >= 4 is 5.91 Å². The number of piperidine rings is 1. The Morgan fingerprint density at radius 1 is 1.14 bits per heavy atom. The molecule has 2 saturated heterocycles. The Kier molecular flexibility index (Phi) is 6.49. The molecule has 2 aliphatic rings. The SMILES string of the molecule is CCCC1NC(CCC)N(C(C)CN2CCCCC2)C1=O. The van der Waals surface area contributed by atoms with Gasteiger partial charge in [-0.25, -0.2) is 0 Å². The Morgan fingerprint density at radius 2 is 1.81 bits per heavy atom. The fourth-order valence-electron chi connectivity index (χ4n) is 3.84. The Bertz CT molecular complexity index is 328. The van der Waals surface area contributed by atoms with Gasteiger partial charge in [-0.2, -0.15) is 0 Å². The molecule has 0 spiro atoms. The maximum atomic E-state index is 12.7. The van der Waals surface area contributed by atoms with Crippen LogP contribution in [0, 0.1) is 0 Å². The third-order valence-electron chi connectivity index (χ3n) is 4.87. The van der Waals surface area contributed by atoms with E-state index in [0.29, 0.717) is 11.9 Å². The number of hydrogen-bond acceptors (Lipinski definition) is 3. The molecule has 0 aromatic heterocycles. The molecular weight excluding hydrogens is 262 g/mol. The molecule has 0 saturated carbocycles. The fraction of sp³-hybridized carbons (Fsp3) is 0.941. The van der Waals surface area contributed by atoms with Crippen LogP contribution in [0.2, 0.25) is 0 Å². The first-order valence-electron chi connectivity index (χ1n) is 8.98. The van der Waals surface area contributed by atoms with E-state index in [0.717, 1.165) is 32.2 Å². The zero-order valence-electron chi connectivity index (χ0n) is 14.1. The number of nitrogens with one attached hydrogen (secondary N) is 1. The van der Waals surface area contributed by atoms with Crippen LogP contribution in [0.25, 0.3) is 0 Å². The summed E-state index contributed by atoms with van der Waals surface area (Å²) in [6.07, 6.45) is 8.46. The van der Waals surface area contributed by atoms with Gasteiger partial charge in [0.05, 0.1) is 12.2 Å². The van der Waals surface area contributed by atoms with Gasteiger partial charge in [0.25, 0.3) is 0 Å². The second kappa shape index (κ2) is 8.14. The van der Waals surface area contributed by atoms with E-state index in [-0.39, 0.29) is 12.2 Å². The third kappa shape index (κ3) is 4.19. The molecule has 1 N–H and O–H groups in total. The number of rotatable bonds is 7. The average molecular weight is 295 g/mol. The van der Waals surface area contributed by atoms with E-state index in [2.05, 4.69) is 35.9 Å². The van der Waals surface area contributed by atoms with Crippen LogP contribution in [0.15, 0.2) is 0 Å². The second-order valence-corrected chi connectivity index (χ2v) is 6.77. The lowest BCUT2D eigenvalue weighted by atomic mass is 10.1. The first kappa shape index (κ1) is 16.8. The first-order chi connectivity index (χ1) is 10.2. The van der Waals surface area contributed by atoms with Crippen molar-refractivity contribution in [3.63, 3.8) is 0 Å². The van der Waals surface area contributed by atoms with E-state index >= 15 is 0 Å². The average Bonchev–Trinajstić information content (AvgIpc) is 2.77. The molecule has 0 aromatic rings. The van der Waals surface area contributed by atoms with E-state index in [1.54, 1.807) is 0 Å². The van der Waals surface area contributed by atoms with Crippen LogP contribution in [0.5, 0.6) is 0 Å². The van der Waals surface area contributed by atoms with E-state index in [9.17, 15) is 4.79 Å². The summed E-state index contributed by atoms with van der Waals surface area (Å²) in [5.41, 5.74) is 0. The molecule has 21 heavy (non-hydrogen) atoms. The molecular formula is C17H33N3O. The summed E-state index contributed by atoms with van der Waals surface area (Å²) in [7, 11) is 0. The van der Waals surface area contributed by atoms with Crippen LogP contribution in [-0.2, 0) is 4.79 Å². The lowest BCUT2D eigenvalue weighted by Gasteiger charge is -2.35. The van der Waals surface area contributed by atoms with Crippen molar-refractivity contribution in [2.45, 2.75) is 84.0 Å². The summed E-state index contributed by atoms with van der Waals surface area (Å²) in [6.45, 7) is 10.0. The number of amides is 1. The van der Waals surface area contributed by atoms with Crippen molar-refractivity contribution in [1.29, 1.82) is 0 Å². The first-order valence-corrected chi connectivity index (χ1v) is 8.98. The minimum Gasteiger partial charge on any atom is -0.322 e. The molecule has 3 atom stereocenters. The molecule has 2 rings (SSSR count). The number of nitrogens with zero attached hydrogens (tertiary/aromatic N) is 2. The zero-order chi connectivity index (χ0) is 15.2. The lowest BCUT2D eigenvalue weighted by molar-refractivity contribution is -0.132. The molecule has 0 aliphatic carbocycles. The summed E-state index contributed by atoms with van der Waals surface area (Å²) < 4.78 is 0. The highest BCUT2D eigenvalue weighted by Crippen LogP contribution is 2.22. The zero-order valence-corrected chi connectivity index (χ0v) is 14.1. The van der Waals surface area contributed by atoms with Crippen LogP contribution in [0.4, 0.5) is 0 Å². The monoisotopic (exact) mass is 295 g/mol. The Balaban J connectivity index is 1.97. The van der Waals surface area contributed by atoms with Gasteiger partial charge in [-0.05, 0) is 45.7 Å². The van der Waals surface area contributed by atoms with Gasteiger partial charge >= 0.3 is 0 Å². The van der Waals surface area contributed by atoms with Gasteiger partial charge < -0.3 is 9.80 Å². The molecule has 2 fully saturated rings. The van der Waals surface area contributed by atoms with E-state index in [1.165, 1.54) is 32.4 Å². The molecule has 4 heteroatoms.